The van der Waals surface area contributed by atoms with Gasteiger partial charge in [-0.1, -0.05) is 12.1 Å². The Morgan fingerprint density at radius 2 is 2.15 bits per heavy atom. The number of hydrogen-bond acceptors (Lipinski definition) is 3. The van der Waals surface area contributed by atoms with Crippen molar-refractivity contribution in [1.29, 1.82) is 0 Å². The van der Waals surface area contributed by atoms with E-state index in [1.54, 1.807) is 6.92 Å². The minimum Gasteiger partial charge on any atom is -0.771 e. The van der Waals surface area contributed by atoms with Gasteiger partial charge < -0.3 is 9.87 Å². The highest BCUT2D eigenvalue weighted by molar-refractivity contribution is 9.10. The van der Waals surface area contributed by atoms with E-state index in [0.717, 1.165) is 10.2 Å². The Bertz CT molecular complexity index is 319. The molecule has 0 spiro atoms. The van der Waals surface area contributed by atoms with E-state index in [1.807, 2.05) is 24.3 Å². The maximum absolute atomic E-state index is 10.5. The Labute approximate surface area is 88.0 Å². The molecule has 2 unspecified atom stereocenters. The second-order valence-electron chi connectivity index (χ2n) is 2.53. The molecule has 0 saturated heterocycles. The van der Waals surface area contributed by atoms with Crippen LogP contribution in [0.3, 0.4) is 0 Å². The number of hydrogen-bond donors (Lipinski definition) is 1. The van der Waals surface area contributed by atoms with Gasteiger partial charge in [0, 0.05) is 10.2 Å². The Kier molecular flexibility index (Phi) is 3.90. The standard InChI is InChI=1S/C8H10BrNO2S/c1-6(13(11)12)10-8-5-3-2-4-7(8)9/h2-6,10H,1H3,(H,11,12)/p-1. The van der Waals surface area contributed by atoms with E-state index in [0.29, 0.717) is 0 Å². The molecular weight excluding hydrogens is 254 g/mol. The molecule has 1 aromatic carbocycles. The molecule has 5 heteroatoms. The summed E-state index contributed by atoms with van der Waals surface area (Å²) in [4.78, 5) is 0. The molecule has 1 N–H and O–H groups in total. The summed E-state index contributed by atoms with van der Waals surface area (Å²) in [6.45, 7) is 1.59. The maximum Gasteiger partial charge on any atom is 0.0860 e. The number of anilines is 1. The third-order valence-electron chi connectivity index (χ3n) is 1.52. The van der Waals surface area contributed by atoms with Gasteiger partial charge in [-0.15, -0.1) is 0 Å². The third-order valence-corrected chi connectivity index (χ3v) is 2.91. The van der Waals surface area contributed by atoms with Gasteiger partial charge in [-0.2, -0.15) is 0 Å². The van der Waals surface area contributed by atoms with Gasteiger partial charge in [-0.25, -0.2) is 0 Å². The van der Waals surface area contributed by atoms with Crippen LogP contribution >= 0.6 is 15.9 Å². The first kappa shape index (κ1) is 10.7. The van der Waals surface area contributed by atoms with Gasteiger partial charge in [-0.05, 0) is 46.1 Å². The quantitative estimate of drug-likeness (QED) is 0.849. The molecule has 0 aliphatic heterocycles. The minimum absolute atomic E-state index is 0.585. The zero-order chi connectivity index (χ0) is 9.84. The first-order chi connectivity index (χ1) is 6.11. The first-order valence-corrected chi connectivity index (χ1v) is 5.63. The molecule has 1 rings (SSSR count). The molecule has 0 heterocycles. The summed E-state index contributed by atoms with van der Waals surface area (Å²) >= 11 is 1.21. The number of para-hydroxylation sites is 1. The SMILES string of the molecule is CC(Nc1ccccc1Br)S(=O)[O-]. The largest absolute Gasteiger partial charge is 0.771 e. The molecule has 0 radical (unpaired) electrons. The van der Waals surface area contributed by atoms with Crippen molar-refractivity contribution in [2.75, 3.05) is 5.32 Å². The van der Waals surface area contributed by atoms with Crippen molar-refractivity contribution in [3.63, 3.8) is 0 Å². The molecule has 13 heavy (non-hydrogen) atoms. The minimum atomic E-state index is -2.10. The lowest BCUT2D eigenvalue weighted by atomic mass is 10.3. The maximum atomic E-state index is 10.5. The summed E-state index contributed by atoms with van der Waals surface area (Å²) in [6.07, 6.45) is 0. The van der Waals surface area contributed by atoms with Crippen LogP contribution in [0.25, 0.3) is 0 Å². The summed E-state index contributed by atoms with van der Waals surface area (Å²) in [5.41, 5.74) is 0.777. The highest BCUT2D eigenvalue weighted by Gasteiger charge is 2.03. The molecule has 72 valence electrons. The smallest absolute Gasteiger partial charge is 0.0860 e. The van der Waals surface area contributed by atoms with Gasteiger partial charge >= 0.3 is 0 Å². The molecule has 0 amide bonds. The van der Waals surface area contributed by atoms with Crippen molar-refractivity contribution in [2.24, 2.45) is 0 Å². The molecule has 0 fully saturated rings. The summed E-state index contributed by atoms with van der Waals surface area (Å²) < 4.78 is 21.9. The van der Waals surface area contributed by atoms with Crippen LogP contribution in [0, 0.1) is 0 Å². The van der Waals surface area contributed by atoms with Gasteiger partial charge in [0.25, 0.3) is 0 Å². The van der Waals surface area contributed by atoms with Crippen molar-refractivity contribution in [3.05, 3.63) is 28.7 Å². The van der Waals surface area contributed by atoms with Gasteiger partial charge in [-0.3, -0.25) is 4.21 Å². The lowest BCUT2D eigenvalue weighted by molar-refractivity contribution is 0.529. The van der Waals surface area contributed by atoms with E-state index in [4.69, 9.17) is 0 Å². The van der Waals surface area contributed by atoms with Gasteiger partial charge in [0.05, 0.1) is 5.37 Å². The number of rotatable bonds is 3. The average molecular weight is 263 g/mol. The molecule has 0 aliphatic carbocycles. The third kappa shape index (κ3) is 3.10. The van der Waals surface area contributed by atoms with Crippen molar-refractivity contribution < 1.29 is 8.76 Å². The van der Waals surface area contributed by atoms with Crippen molar-refractivity contribution in [2.45, 2.75) is 12.3 Å². The molecule has 3 nitrogen and oxygen atoms in total. The van der Waals surface area contributed by atoms with Crippen LogP contribution in [0.2, 0.25) is 0 Å². The van der Waals surface area contributed by atoms with Crippen LogP contribution in [0.5, 0.6) is 0 Å². The van der Waals surface area contributed by atoms with E-state index in [9.17, 15) is 8.76 Å². The molecule has 0 bridgehead atoms. The Hall–Kier alpha value is -0.390. The van der Waals surface area contributed by atoms with Gasteiger partial charge in [0.2, 0.25) is 0 Å². The van der Waals surface area contributed by atoms with Gasteiger partial charge in [0.15, 0.2) is 0 Å². The molecular formula is C8H9BrNO2S-. The number of halogens is 1. The van der Waals surface area contributed by atoms with Crippen LogP contribution < -0.4 is 5.32 Å². The lowest BCUT2D eigenvalue weighted by Gasteiger charge is -2.18. The van der Waals surface area contributed by atoms with Crippen molar-refractivity contribution in [3.8, 4) is 0 Å². The van der Waals surface area contributed by atoms with E-state index in [-0.39, 0.29) is 0 Å². The van der Waals surface area contributed by atoms with E-state index in [1.165, 1.54) is 0 Å². The van der Waals surface area contributed by atoms with Crippen LogP contribution in [0.4, 0.5) is 5.69 Å². The number of nitrogens with one attached hydrogen (secondary N) is 1. The fourth-order valence-corrected chi connectivity index (χ4v) is 1.47. The number of benzene rings is 1. The first-order valence-electron chi connectivity index (χ1n) is 3.70. The van der Waals surface area contributed by atoms with Crippen LogP contribution in [0.1, 0.15) is 6.92 Å². The molecule has 0 saturated carbocycles. The highest BCUT2D eigenvalue weighted by atomic mass is 79.9. The van der Waals surface area contributed by atoms with E-state index < -0.39 is 16.5 Å². The Balaban J connectivity index is 2.74. The average Bonchev–Trinajstić information content (AvgIpc) is 2.08. The van der Waals surface area contributed by atoms with Crippen LogP contribution in [-0.4, -0.2) is 14.1 Å². The molecule has 1 aromatic rings. The zero-order valence-electron chi connectivity index (χ0n) is 6.99. The predicted octanol–water partition coefficient (Wildman–Crippen LogP) is 2.09. The normalized spacial score (nSPS) is 15.0. The van der Waals surface area contributed by atoms with Crippen molar-refractivity contribution >= 4 is 32.7 Å². The summed E-state index contributed by atoms with van der Waals surface area (Å²) in [5.74, 6) is 0. The van der Waals surface area contributed by atoms with E-state index in [2.05, 4.69) is 21.2 Å². The fraction of sp³-hybridized carbons (Fsp3) is 0.250. The van der Waals surface area contributed by atoms with Crippen LogP contribution in [-0.2, 0) is 11.1 Å². The molecule has 0 aliphatic rings. The van der Waals surface area contributed by atoms with Gasteiger partial charge in [0.1, 0.15) is 0 Å². The second-order valence-corrected chi connectivity index (χ2v) is 4.61. The molecule has 0 aromatic heterocycles. The van der Waals surface area contributed by atoms with E-state index >= 15 is 0 Å². The van der Waals surface area contributed by atoms with Crippen molar-refractivity contribution in [1.82, 2.24) is 0 Å². The Morgan fingerprint density at radius 3 is 2.69 bits per heavy atom. The van der Waals surface area contributed by atoms with Crippen LogP contribution in [0.15, 0.2) is 28.7 Å². The lowest BCUT2D eigenvalue weighted by Crippen LogP contribution is -2.20. The fourth-order valence-electron chi connectivity index (χ4n) is 0.845. The summed E-state index contributed by atoms with van der Waals surface area (Å²) in [6, 6.07) is 7.37. The summed E-state index contributed by atoms with van der Waals surface area (Å²) in [5, 5.41) is 2.27. The zero-order valence-corrected chi connectivity index (χ0v) is 9.39. The summed E-state index contributed by atoms with van der Waals surface area (Å²) in [7, 11) is 0. The monoisotopic (exact) mass is 262 g/mol. The molecule has 2 atom stereocenters. The predicted molar refractivity (Wildman–Crippen MR) is 56.1 cm³/mol. The second kappa shape index (κ2) is 4.74. The topological polar surface area (TPSA) is 52.2 Å². The highest BCUT2D eigenvalue weighted by Crippen LogP contribution is 2.22. The Morgan fingerprint density at radius 1 is 1.54 bits per heavy atom.